The number of amides is 1. The lowest BCUT2D eigenvalue weighted by molar-refractivity contribution is 0.0828. The molecule has 1 aliphatic carbocycles. The van der Waals surface area contributed by atoms with Crippen LogP contribution in [0.4, 0.5) is 5.82 Å². The van der Waals surface area contributed by atoms with E-state index < -0.39 is 0 Å². The molecule has 1 fully saturated rings. The van der Waals surface area contributed by atoms with Gasteiger partial charge in [-0.05, 0) is 42.7 Å². The third-order valence-corrected chi connectivity index (χ3v) is 5.08. The maximum absolute atomic E-state index is 12.6. The van der Waals surface area contributed by atoms with E-state index in [9.17, 15) is 4.79 Å². The molecule has 0 unspecified atom stereocenters. The number of hydrogen-bond acceptors (Lipinski definition) is 4. The highest BCUT2D eigenvalue weighted by molar-refractivity contribution is 5.98. The molecule has 0 saturated heterocycles. The fourth-order valence-corrected chi connectivity index (χ4v) is 3.37. The van der Waals surface area contributed by atoms with Crippen LogP contribution in [0.15, 0.2) is 6.07 Å². The second-order valence-corrected chi connectivity index (χ2v) is 8.21. The summed E-state index contributed by atoms with van der Waals surface area (Å²) in [6.07, 6.45) is 4.76. The summed E-state index contributed by atoms with van der Waals surface area (Å²) in [5.74, 6) is 2.21. The lowest BCUT2D eigenvalue weighted by Crippen LogP contribution is -2.28. The fourth-order valence-electron chi connectivity index (χ4n) is 3.37. The van der Waals surface area contributed by atoms with E-state index in [1.807, 2.05) is 0 Å². The second kappa shape index (κ2) is 7.73. The van der Waals surface area contributed by atoms with Gasteiger partial charge in [0.25, 0.3) is 5.91 Å². The van der Waals surface area contributed by atoms with Crippen molar-refractivity contribution in [2.75, 3.05) is 45.6 Å². The molecular weight excluding hydrogens is 312 g/mol. The van der Waals surface area contributed by atoms with Crippen LogP contribution in [0.5, 0.6) is 0 Å². The summed E-state index contributed by atoms with van der Waals surface area (Å²) in [5, 5.41) is 3.40. The Morgan fingerprint density at radius 3 is 2.68 bits per heavy atom. The van der Waals surface area contributed by atoms with E-state index in [0.29, 0.717) is 11.5 Å². The molecule has 1 aromatic rings. The predicted molar refractivity (Wildman–Crippen MR) is 102 cm³/mol. The van der Waals surface area contributed by atoms with Crippen molar-refractivity contribution in [3.05, 3.63) is 22.9 Å². The minimum atomic E-state index is 0.0284. The van der Waals surface area contributed by atoms with Crippen molar-refractivity contribution in [1.82, 2.24) is 14.8 Å². The molecule has 1 aliphatic heterocycles. The normalized spacial score (nSPS) is 18.0. The van der Waals surface area contributed by atoms with Crippen molar-refractivity contribution >= 4 is 11.7 Å². The molecule has 1 N–H and O–H groups in total. The molecule has 0 aromatic carbocycles. The Morgan fingerprint density at radius 2 is 2.04 bits per heavy atom. The molecule has 0 atom stereocenters. The molecular formula is C20H32N4O. The molecule has 1 saturated carbocycles. The monoisotopic (exact) mass is 344 g/mol. The smallest absolute Gasteiger partial charge is 0.257 e. The van der Waals surface area contributed by atoms with Gasteiger partial charge in [-0.25, -0.2) is 4.98 Å². The lowest BCUT2D eigenvalue weighted by atomic mass is 10.0. The van der Waals surface area contributed by atoms with E-state index in [4.69, 9.17) is 4.98 Å². The van der Waals surface area contributed by atoms with E-state index in [1.54, 1.807) is 19.0 Å². The van der Waals surface area contributed by atoms with E-state index >= 15 is 0 Å². The summed E-state index contributed by atoms with van der Waals surface area (Å²) in [6.45, 7) is 8.56. The minimum Gasteiger partial charge on any atom is -0.369 e. The number of carbonyl (C=O) groups excluding carboxylic acids is 1. The van der Waals surface area contributed by atoms with Crippen LogP contribution >= 0.6 is 0 Å². The van der Waals surface area contributed by atoms with Gasteiger partial charge in [0.2, 0.25) is 0 Å². The van der Waals surface area contributed by atoms with Gasteiger partial charge in [-0.15, -0.1) is 0 Å². The van der Waals surface area contributed by atoms with Crippen LogP contribution in [-0.4, -0.2) is 61.0 Å². The summed E-state index contributed by atoms with van der Waals surface area (Å²) in [7, 11) is 3.61. The maximum Gasteiger partial charge on any atom is 0.257 e. The molecule has 2 aliphatic rings. The quantitative estimate of drug-likeness (QED) is 0.862. The number of fused-ring (bicyclic) bond motifs is 1. The zero-order valence-electron chi connectivity index (χ0n) is 16.1. The van der Waals surface area contributed by atoms with Crippen molar-refractivity contribution in [3.8, 4) is 0 Å². The highest BCUT2D eigenvalue weighted by atomic mass is 16.2. The third kappa shape index (κ3) is 4.72. The van der Waals surface area contributed by atoms with Gasteiger partial charge in [0.15, 0.2) is 0 Å². The first-order valence-corrected chi connectivity index (χ1v) is 9.64. The summed E-state index contributed by atoms with van der Waals surface area (Å²) in [5.41, 5.74) is 3.12. The van der Waals surface area contributed by atoms with Crippen molar-refractivity contribution in [3.63, 3.8) is 0 Å². The largest absolute Gasteiger partial charge is 0.369 e. The molecule has 5 heteroatoms. The molecule has 0 bridgehead atoms. The number of carbonyl (C=O) groups is 1. The maximum atomic E-state index is 12.6. The average molecular weight is 345 g/mol. The van der Waals surface area contributed by atoms with E-state index in [-0.39, 0.29) is 5.91 Å². The average Bonchev–Trinajstić information content (AvgIpc) is 3.40. The molecule has 138 valence electrons. The molecule has 5 nitrogen and oxygen atoms in total. The van der Waals surface area contributed by atoms with E-state index in [0.717, 1.165) is 44.2 Å². The van der Waals surface area contributed by atoms with Crippen molar-refractivity contribution in [1.29, 1.82) is 0 Å². The van der Waals surface area contributed by atoms with Gasteiger partial charge in [-0.3, -0.25) is 4.79 Å². The van der Waals surface area contributed by atoms with Crippen molar-refractivity contribution in [2.45, 2.75) is 39.5 Å². The van der Waals surface area contributed by atoms with Crippen LogP contribution in [0.3, 0.4) is 0 Å². The zero-order chi connectivity index (χ0) is 18.0. The Hall–Kier alpha value is -1.62. The van der Waals surface area contributed by atoms with Gasteiger partial charge in [0.05, 0.1) is 5.56 Å². The van der Waals surface area contributed by atoms with Gasteiger partial charge in [0.1, 0.15) is 5.82 Å². The van der Waals surface area contributed by atoms with Crippen molar-refractivity contribution in [2.24, 2.45) is 11.8 Å². The fraction of sp³-hybridized carbons (Fsp3) is 0.700. The first-order chi connectivity index (χ1) is 11.9. The molecule has 1 amide bonds. The minimum absolute atomic E-state index is 0.0284. The van der Waals surface area contributed by atoms with Crippen LogP contribution in [0, 0.1) is 11.8 Å². The van der Waals surface area contributed by atoms with Gasteiger partial charge in [0, 0.05) is 52.4 Å². The molecule has 3 rings (SSSR count). The number of anilines is 1. The summed E-state index contributed by atoms with van der Waals surface area (Å²) in [6, 6.07) is 2.09. The second-order valence-electron chi connectivity index (χ2n) is 8.21. The summed E-state index contributed by atoms with van der Waals surface area (Å²) >= 11 is 0. The highest BCUT2D eigenvalue weighted by Crippen LogP contribution is 2.30. The van der Waals surface area contributed by atoms with Gasteiger partial charge in [-0.2, -0.15) is 0 Å². The molecule has 0 spiro atoms. The Morgan fingerprint density at radius 1 is 1.32 bits per heavy atom. The first kappa shape index (κ1) is 18.2. The first-order valence-electron chi connectivity index (χ1n) is 9.64. The number of hydrogen-bond donors (Lipinski definition) is 1. The van der Waals surface area contributed by atoms with Crippen LogP contribution in [0.1, 0.15) is 48.3 Å². The van der Waals surface area contributed by atoms with Gasteiger partial charge >= 0.3 is 0 Å². The molecule has 0 radical (unpaired) electrons. The molecule has 1 aromatic heterocycles. The van der Waals surface area contributed by atoms with E-state index in [2.05, 4.69) is 30.1 Å². The Labute approximate surface area is 151 Å². The van der Waals surface area contributed by atoms with Crippen LogP contribution in [0.25, 0.3) is 0 Å². The number of pyridine rings is 1. The number of aromatic nitrogens is 1. The van der Waals surface area contributed by atoms with Crippen LogP contribution in [-0.2, 0) is 12.8 Å². The highest BCUT2D eigenvalue weighted by Gasteiger charge is 2.26. The predicted octanol–water partition coefficient (Wildman–Crippen LogP) is 2.66. The number of nitrogens with zero attached hydrogens (tertiary/aromatic N) is 3. The number of nitrogens with one attached hydrogen (secondary N) is 1. The SMILES string of the molecule is CC(C)CNc1nc2c(cc1C(=O)N(C)C)CCN(CC1CC1)CC2. The van der Waals surface area contributed by atoms with Gasteiger partial charge in [-0.1, -0.05) is 13.8 Å². The number of rotatable bonds is 6. The Bertz CT molecular complexity index is 622. The van der Waals surface area contributed by atoms with Crippen molar-refractivity contribution < 1.29 is 4.79 Å². The third-order valence-electron chi connectivity index (χ3n) is 5.08. The zero-order valence-corrected chi connectivity index (χ0v) is 16.1. The lowest BCUT2D eigenvalue weighted by Gasteiger charge is -2.18. The summed E-state index contributed by atoms with van der Waals surface area (Å²) in [4.78, 5) is 21.7. The van der Waals surface area contributed by atoms with Crippen LogP contribution in [0.2, 0.25) is 0 Å². The van der Waals surface area contributed by atoms with Gasteiger partial charge < -0.3 is 15.1 Å². The molecule has 25 heavy (non-hydrogen) atoms. The topological polar surface area (TPSA) is 48.5 Å². The Balaban J connectivity index is 1.83. The summed E-state index contributed by atoms with van der Waals surface area (Å²) < 4.78 is 0. The molecule has 2 heterocycles. The van der Waals surface area contributed by atoms with E-state index in [1.165, 1.54) is 30.6 Å². The standard InChI is InChI=1S/C20H32N4O/c1-14(2)12-21-19-17(20(25)23(3)4)11-16-7-9-24(13-15-5-6-15)10-8-18(16)22-19/h11,14-15H,5-10,12-13H2,1-4H3,(H,21,22). The Kier molecular flexibility index (Phi) is 5.62. The van der Waals surface area contributed by atoms with Crippen LogP contribution < -0.4 is 5.32 Å².